The zero-order chi connectivity index (χ0) is 14.5. The molecule has 0 aliphatic heterocycles. The molecule has 2 aromatic rings. The fraction of sp³-hybridized carbons (Fsp3) is 0.400. The van der Waals surface area contributed by atoms with Gasteiger partial charge in [-0.1, -0.05) is 42.6 Å². The molecule has 0 unspecified atom stereocenters. The van der Waals surface area contributed by atoms with Crippen LogP contribution in [0.1, 0.15) is 36.8 Å². The van der Waals surface area contributed by atoms with Gasteiger partial charge >= 0.3 is 0 Å². The fourth-order valence-corrected chi connectivity index (χ4v) is 2.38. The van der Waals surface area contributed by atoms with Crippen molar-refractivity contribution in [1.29, 1.82) is 0 Å². The van der Waals surface area contributed by atoms with Crippen LogP contribution in [0.5, 0.6) is 0 Å². The first kappa shape index (κ1) is 15.2. The minimum atomic E-state index is 0.535. The van der Waals surface area contributed by atoms with Gasteiger partial charge in [-0.2, -0.15) is 0 Å². The van der Waals surface area contributed by atoms with E-state index in [0.29, 0.717) is 16.7 Å². The Morgan fingerprint density at radius 2 is 2.10 bits per heavy atom. The lowest BCUT2D eigenvalue weighted by Crippen LogP contribution is -2.01. The maximum atomic E-state index is 6.15. The van der Waals surface area contributed by atoms with E-state index in [1.54, 1.807) is 0 Å². The summed E-state index contributed by atoms with van der Waals surface area (Å²) in [7, 11) is 0. The van der Waals surface area contributed by atoms with Crippen LogP contribution in [-0.2, 0) is 13.0 Å². The van der Waals surface area contributed by atoms with Crippen molar-refractivity contribution in [2.24, 2.45) is 0 Å². The summed E-state index contributed by atoms with van der Waals surface area (Å²) < 4.78 is 0. The predicted molar refractivity (Wildman–Crippen MR) is 85.7 cm³/mol. The van der Waals surface area contributed by atoms with Gasteiger partial charge in [0.1, 0.15) is 5.82 Å². The summed E-state index contributed by atoms with van der Waals surface area (Å²) in [6, 6.07) is 5.89. The van der Waals surface area contributed by atoms with Crippen molar-refractivity contribution in [3.05, 3.63) is 45.5 Å². The number of hydrogen-bond acceptors (Lipinski definition) is 2. The molecule has 0 saturated carbocycles. The summed E-state index contributed by atoms with van der Waals surface area (Å²) >= 11 is 12.3. The number of hydrogen-bond donors (Lipinski definition) is 2. The number of nitrogens with zero attached hydrogens (tertiary/aromatic N) is 1. The molecule has 1 aromatic heterocycles. The van der Waals surface area contributed by atoms with Crippen LogP contribution >= 0.6 is 23.2 Å². The van der Waals surface area contributed by atoms with E-state index in [0.717, 1.165) is 42.0 Å². The van der Waals surface area contributed by atoms with Gasteiger partial charge in [-0.15, -0.1) is 0 Å². The van der Waals surface area contributed by atoms with Gasteiger partial charge < -0.3 is 10.3 Å². The minimum absolute atomic E-state index is 0.535. The summed E-state index contributed by atoms with van der Waals surface area (Å²) in [6.45, 7) is 4.78. The Hall–Kier alpha value is -1.19. The summed E-state index contributed by atoms with van der Waals surface area (Å²) in [5, 5.41) is 4.53. The number of nitrogens with one attached hydrogen (secondary N) is 2. The Balaban J connectivity index is 2.03. The molecule has 2 N–H and O–H groups in total. The number of H-pyrrole nitrogens is 1. The second kappa shape index (κ2) is 7.00. The van der Waals surface area contributed by atoms with Crippen LogP contribution in [0.15, 0.2) is 18.2 Å². The third-order valence-electron chi connectivity index (χ3n) is 3.12. The Labute approximate surface area is 129 Å². The van der Waals surface area contributed by atoms with Gasteiger partial charge in [0.05, 0.1) is 22.9 Å². The van der Waals surface area contributed by atoms with Crippen LogP contribution in [-0.4, -0.2) is 9.97 Å². The van der Waals surface area contributed by atoms with E-state index < -0.39 is 0 Å². The summed E-state index contributed by atoms with van der Waals surface area (Å²) in [4.78, 5) is 7.61. The number of rotatable bonds is 6. The molecule has 0 amide bonds. The van der Waals surface area contributed by atoms with Gasteiger partial charge in [0.15, 0.2) is 5.15 Å². The molecule has 2 rings (SSSR count). The number of benzene rings is 1. The molecule has 0 fully saturated rings. The molecule has 3 nitrogen and oxygen atoms in total. The predicted octanol–water partition coefficient (Wildman–Crippen LogP) is 4.98. The second-order valence-electron chi connectivity index (χ2n) is 4.89. The largest absolute Gasteiger partial charge is 0.378 e. The number of aromatic nitrogens is 2. The average molecular weight is 312 g/mol. The van der Waals surface area contributed by atoms with Crippen LogP contribution in [0.3, 0.4) is 0 Å². The molecule has 5 heteroatoms. The zero-order valence-corrected chi connectivity index (χ0v) is 13.3. The van der Waals surface area contributed by atoms with Crippen molar-refractivity contribution in [3.63, 3.8) is 0 Å². The highest BCUT2D eigenvalue weighted by Crippen LogP contribution is 2.24. The van der Waals surface area contributed by atoms with Crippen molar-refractivity contribution < 1.29 is 0 Å². The molecule has 20 heavy (non-hydrogen) atoms. The summed E-state index contributed by atoms with van der Waals surface area (Å²) in [5.74, 6) is 0.948. The van der Waals surface area contributed by atoms with Gasteiger partial charge in [0.25, 0.3) is 0 Å². The van der Waals surface area contributed by atoms with Gasteiger partial charge in [-0.3, -0.25) is 0 Å². The van der Waals surface area contributed by atoms with Gasteiger partial charge in [0.2, 0.25) is 0 Å². The Morgan fingerprint density at radius 1 is 1.30 bits per heavy atom. The summed E-state index contributed by atoms with van der Waals surface area (Å²) in [5.41, 5.74) is 2.97. The number of aryl methyl sites for hydroxylation is 2. The summed E-state index contributed by atoms with van der Waals surface area (Å²) in [6.07, 6.45) is 3.19. The molecule has 0 bridgehead atoms. The maximum Gasteiger partial charge on any atom is 0.152 e. The first-order valence-electron chi connectivity index (χ1n) is 6.83. The minimum Gasteiger partial charge on any atom is -0.378 e. The number of halogens is 2. The zero-order valence-electron chi connectivity index (χ0n) is 11.8. The standard InChI is InChI=1S/C15H19Cl2N3/c1-3-4-5-14-19-13(15(17)20-14)9-18-12-8-10(2)6-7-11(12)16/h6-8,18H,3-5,9H2,1-2H3,(H,19,20). The third kappa shape index (κ3) is 3.90. The number of anilines is 1. The number of unbranched alkanes of at least 4 members (excludes halogenated alkanes) is 1. The number of aromatic amines is 1. The molecule has 1 heterocycles. The van der Waals surface area contributed by atoms with E-state index in [1.807, 2.05) is 25.1 Å². The van der Waals surface area contributed by atoms with E-state index in [-0.39, 0.29) is 0 Å². The molecular formula is C15H19Cl2N3. The van der Waals surface area contributed by atoms with Crippen LogP contribution in [0.2, 0.25) is 10.2 Å². The lowest BCUT2D eigenvalue weighted by atomic mass is 10.2. The van der Waals surface area contributed by atoms with Crippen LogP contribution < -0.4 is 5.32 Å². The maximum absolute atomic E-state index is 6.15. The SMILES string of the molecule is CCCCc1nc(Cl)c(CNc2cc(C)ccc2Cl)[nH]1. The van der Waals surface area contributed by atoms with E-state index in [1.165, 1.54) is 0 Å². The van der Waals surface area contributed by atoms with Crippen LogP contribution in [0, 0.1) is 6.92 Å². The first-order chi connectivity index (χ1) is 9.60. The number of imidazole rings is 1. The van der Waals surface area contributed by atoms with Crippen molar-refractivity contribution in [1.82, 2.24) is 9.97 Å². The molecule has 0 saturated heterocycles. The molecule has 0 aliphatic carbocycles. The van der Waals surface area contributed by atoms with Crippen LogP contribution in [0.4, 0.5) is 5.69 Å². The molecule has 0 atom stereocenters. The molecule has 0 spiro atoms. The lowest BCUT2D eigenvalue weighted by molar-refractivity contribution is 0.760. The quantitative estimate of drug-likeness (QED) is 0.790. The lowest BCUT2D eigenvalue weighted by Gasteiger charge is -2.08. The van der Waals surface area contributed by atoms with Crippen LogP contribution in [0.25, 0.3) is 0 Å². The topological polar surface area (TPSA) is 40.7 Å². The molecule has 1 aromatic carbocycles. The van der Waals surface area contributed by atoms with E-state index in [4.69, 9.17) is 23.2 Å². The fourth-order valence-electron chi connectivity index (χ4n) is 1.98. The smallest absolute Gasteiger partial charge is 0.152 e. The first-order valence-corrected chi connectivity index (χ1v) is 7.59. The normalized spacial score (nSPS) is 10.8. The Bertz CT molecular complexity index is 578. The average Bonchev–Trinajstić information content (AvgIpc) is 2.78. The Kier molecular flexibility index (Phi) is 5.32. The highest BCUT2D eigenvalue weighted by atomic mass is 35.5. The third-order valence-corrected chi connectivity index (χ3v) is 3.76. The second-order valence-corrected chi connectivity index (χ2v) is 5.66. The monoisotopic (exact) mass is 311 g/mol. The van der Waals surface area contributed by atoms with E-state index >= 15 is 0 Å². The van der Waals surface area contributed by atoms with Gasteiger partial charge in [-0.25, -0.2) is 4.98 Å². The van der Waals surface area contributed by atoms with Crippen molar-refractivity contribution >= 4 is 28.9 Å². The van der Waals surface area contributed by atoms with Gasteiger partial charge in [0, 0.05) is 6.42 Å². The van der Waals surface area contributed by atoms with Gasteiger partial charge in [-0.05, 0) is 31.0 Å². The molecule has 0 aliphatic rings. The molecular weight excluding hydrogens is 293 g/mol. The van der Waals surface area contributed by atoms with Crippen molar-refractivity contribution in [2.45, 2.75) is 39.7 Å². The molecule has 108 valence electrons. The molecule has 0 radical (unpaired) electrons. The Morgan fingerprint density at radius 3 is 2.85 bits per heavy atom. The highest BCUT2D eigenvalue weighted by molar-refractivity contribution is 6.33. The highest BCUT2D eigenvalue weighted by Gasteiger charge is 2.08. The van der Waals surface area contributed by atoms with Crippen molar-refractivity contribution in [2.75, 3.05) is 5.32 Å². The van der Waals surface area contributed by atoms with E-state index in [2.05, 4.69) is 22.2 Å². The van der Waals surface area contributed by atoms with E-state index in [9.17, 15) is 0 Å². The van der Waals surface area contributed by atoms with Crippen molar-refractivity contribution in [3.8, 4) is 0 Å².